The molecule has 0 heterocycles. The van der Waals surface area contributed by atoms with Crippen molar-refractivity contribution < 1.29 is 8.76 Å². The molecule has 2 aromatic rings. The third-order valence-corrected chi connectivity index (χ3v) is 2.91. The molecular formula is C13H15N2O2S-. The predicted molar refractivity (Wildman–Crippen MR) is 73.6 cm³/mol. The number of para-hydroxylation sites is 1. The van der Waals surface area contributed by atoms with Crippen molar-refractivity contribution in [2.45, 2.75) is 11.8 Å². The largest absolute Gasteiger partial charge is 0.768 e. The Morgan fingerprint density at radius 3 is 1.94 bits per heavy atom. The molecule has 0 fully saturated rings. The van der Waals surface area contributed by atoms with E-state index >= 15 is 0 Å². The van der Waals surface area contributed by atoms with Gasteiger partial charge in [-0.25, -0.2) is 0 Å². The molecule has 0 aliphatic heterocycles. The molecule has 0 saturated carbocycles. The molecule has 0 aliphatic carbocycles. The summed E-state index contributed by atoms with van der Waals surface area (Å²) in [6.07, 6.45) is 0. The number of anilines is 2. The van der Waals surface area contributed by atoms with Gasteiger partial charge in [0.25, 0.3) is 0 Å². The van der Waals surface area contributed by atoms with Crippen LogP contribution in [0.1, 0.15) is 5.56 Å². The first kappa shape index (κ1) is 14.2. The van der Waals surface area contributed by atoms with Crippen molar-refractivity contribution in [3.63, 3.8) is 0 Å². The van der Waals surface area contributed by atoms with Crippen molar-refractivity contribution in [1.29, 1.82) is 0 Å². The fraction of sp³-hybridized carbons (Fsp3) is 0.0769. The van der Waals surface area contributed by atoms with E-state index < -0.39 is 11.1 Å². The normalized spacial score (nSPS) is 11.2. The van der Waals surface area contributed by atoms with Crippen molar-refractivity contribution in [3.8, 4) is 0 Å². The average Bonchev–Trinajstić information content (AvgIpc) is 2.34. The summed E-state index contributed by atoms with van der Waals surface area (Å²) in [4.78, 5) is 0.155. The molecule has 0 aromatic heterocycles. The summed E-state index contributed by atoms with van der Waals surface area (Å²) >= 11 is -2.22. The highest BCUT2D eigenvalue weighted by atomic mass is 32.2. The highest BCUT2D eigenvalue weighted by molar-refractivity contribution is 7.79. The number of nitrogens with two attached hydrogens (primary N) is 2. The van der Waals surface area contributed by atoms with E-state index in [1.807, 2.05) is 31.2 Å². The minimum atomic E-state index is -2.22. The molecule has 0 aliphatic rings. The number of benzene rings is 2. The average molecular weight is 263 g/mol. The van der Waals surface area contributed by atoms with Crippen molar-refractivity contribution in [2.24, 2.45) is 0 Å². The zero-order chi connectivity index (χ0) is 13.5. The van der Waals surface area contributed by atoms with E-state index in [0.29, 0.717) is 0 Å². The summed E-state index contributed by atoms with van der Waals surface area (Å²) < 4.78 is 20.7. The van der Waals surface area contributed by atoms with Gasteiger partial charge in [-0.15, -0.1) is 0 Å². The van der Waals surface area contributed by atoms with E-state index in [1.54, 1.807) is 18.2 Å². The van der Waals surface area contributed by atoms with Gasteiger partial charge in [-0.1, -0.05) is 29.8 Å². The second kappa shape index (κ2) is 6.78. The van der Waals surface area contributed by atoms with Gasteiger partial charge >= 0.3 is 0 Å². The molecule has 0 saturated heterocycles. The Morgan fingerprint density at radius 2 is 1.56 bits per heavy atom. The second-order valence-electron chi connectivity index (χ2n) is 3.68. The van der Waals surface area contributed by atoms with E-state index in [1.165, 1.54) is 11.6 Å². The van der Waals surface area contributed by atoms with Gasteiger partial charge in [-0.3, -0.25) is 4.21 Å². The fourth-order valence-corrected chi connectivity index (χ4v) is 1.65. The van der Waals surface area contributed by atoms with Gasteiger partial charge in [-0.2, -0.15) is 0 Å². The quantitative estimate of drug-likeness (QED) is 0.608. The molecule has 18 heavy (non-hydrogen) atoms. The van der Waals surface area contributed by atoms with Crippen molar-refractivity contribution in [2.75, 3.05) is 11.5 Å². The number of nitrogen functional groups attached to an aromatic ring is 2. The third kappa shape index (κ3) is 4.57. The van der Waals surface area contributed by atoms with Gasteiger partial charge in [0.15, 0.2) is 0 Å². The number of hydrogen-bond acceptors (Lipinski definition) is 4. The number of hydrogen-bond donors (Lipinski definition) is 2. The lowest BCUT2D eigenvalue weighted by Crippen LogP contribution is -1.95. The van der Waals surface area contributed by atoms with Crippen LogP contribution in [-0.4, -0.2) is 8.76 Å². The topological polar surface area (TPSA) is 92.2 Å². The summed E-state index contributed by atoms with van der Waals surface area (Å²) in [6.45, 7) is 2.04. The van der Waals surface area contributed by atoms with Crippen LogP contribution in [0.2, 0.25) is 0 Å². The predicted octanol–water partition coefficient (Wildman–Crippen LogP) is 2.08. The zero-order valence-electron chi connectivity index (χ0n) is 10.00. The summed E-state index contributed by atoms with van der Waals surface area (Å²) in [6, 6.07) is 14.1. The Hall–Kier alpha value is -1.85. The summed E-state index contributed by atoms with van der Waals surface area (Å²) in [5.41, 5.74) is 13.1. The Morgan fingerprint density at radius 1 is 1.00 bits per heavy atom. The van der Waals surface area contributed by atoms with Crippen LogP contribution in [-0.2, 0) is 11.1 Å². The summed E-state index contributed by atoms with van der Waals surface area (Å²) in [5, 5.41) is 0. The van der Waals surface area contributed by atoms with Crippen molar-refractivity contribution >= 4 is 22.5 Å². The van der Waals surface area contributed by atoms with E-state index in [0.717, 1.165) is 5.69 Å². The monoisotopic (exact) mass is 263 g/mol. The maximum atomic E-state index is 10.3. The van der Waals surface area contributed by atoms with Crippen LogP contribution in [0.15, 0.2) is 53.4 Å². The molecule has 96 valence electrons. The molecule has 5 heteroatoms. The van der Waals surface area contributed by atoms with Gasteiger partial charge in [0.05, 0.1) is 0 Å². The molecule has 0 amide bonds. The second-order valence-corrected chi connectivity index (χ2v) is 4.59. The van der Waals surface area contributed by atoms with Gasteiger partial charge in [0.1, 0.15) is 0 Å². The lowest BCUT2D eigenvalue weighted by Gasteiger charge is -2.06. The number of aryl methyl sites for hydroxylation is 1. The first-order chi connectivity index (χ1) is 8.50. The van der Waals surface area contributed by atoms with Crippen LogP contribution >= 0.6 is 0 Å². The Bertz CT molecular complexity index is 506. The number of rotatable bonds is 1. The fourth-order valence-electron chi connectivity index (χ4n) is 1.20. The molecule has 0 spiro atoms. The highest BCUT2D eigenvalue weighted by Gasteiger charge is 1.94. The molecule has 0 bridgehead atoms. The molecule has 2 aromatic carbocycles. The van der Waals surface area contributed by atoms with Crippen LogP contribution in [0, 0.1) is 6.92 Å². The Labute approximate surface area is 109 Å². The SMILES string of the molecule is Cc1ccc(N)cc1.Nc1ccccc1S(=O)[O-]. The molecule has 2 rings (SSSR count). The lowest BCUT2D eigenvalue weighted by atomic mass is 10.2. The van der Waals surface area contributed by atoms with Crippen molar-refractivity contribution in [3.05, 3.63) is 54.1 Å². The summed E-state index contributed by atoms with van der Waals surface area (Å²) in [7, 11) is 0. The van der Waals surface area contributed by atoms with Gasteiger partial charge < -0.3 is 16.0 Å². The highest BCUT2D eigenvalue weighted by Crippen LogP contribution is 2.12. The standard InChI is InChI=1S/C7H9N.C6H7NO2S/c1-6-2-4-7(8)5-3-6;7-5-3-1-2-4-6(5)10(8)9/h2-5H,8H2,1H3;1-4H,7H2,(H,8,9)/p-1. The summed E-state index contributed by atoms with van der Waals surface area (Å²) in [5.74, 6) is 0. The molecule has 4 nitrogen and oxygen atoms in total. The molecular weight excluding hydrogens is 248 g/mol. The lowest BCUT2D eigenvalue weighted by molar-refractivity contribution is 0.537. The van der Waals surface area contributed by atoms with E-state index in [9.17, 15) is 8.76 Å². The smallest absolute Gasteiger partial charge is 0.0478 e. The van der Waals surface area contributed by atoms with E-state index in [2.05, 4.69) is 0 Å². The van der Waals surface area contributed by atoms with Crippen molar-refractivity contribution in [1.82, 2.24) is 0 Å². The van der Waals surface area contributed by atoms with Crippen LogP contribution in [0.4, 0.5) is 11.4 Å². The Balaban J connectivity index is 0.000000184. The van der Waals surface area contributed by atoms with Gasteiger partial charge in [0.2, 0.25) is 0 Å². The van der Waals surface area contributed by atoms with E-state index in [4.69, 9.17) is 11.5 Å². The molecule has 4 N–H and O–H groups in total. The van der Waals surface area contributed by atoms with Crippen LogP contribution in [0.5, 0.6) is 0 Å². The minimum Gasteiger partial charge on any atom is -0.768 e. The molecule has 1 unspecified atom stereocenters. The maximum Gasteiger partial charge on any atom is 0.0478 e. The third-order valence-electron chi connectivity index (χ3n) is 2.18. The Kier molecular flexibility index (Phi) is 5.35. The van der Waals surface area contributed by atoms with Crippen LogP contribution in [0.25, 0.3) is 0 Å². The van der Waals surface area contributed by atoms with Crippen LogP contribution in [0.3, 0.4) is 0 Å². The minimum absolute atomic E-state index is 0.155. The first-order valence-corrected chi connectivity index (χ1v) is 6.34. The van der Waals surface area contributed by atoms with Gasteiger partial charge in [0, 0.05) is 16.3 Å². The van der Waals surface area contributed by atoms with Crippen LogP contribution < -0.4 is 11.5 Å². The molecule has 0 radical (unpaired) electrons. The van der Waals surface area contributed by atoms with Gasteiger partial charge in [-0.05, 0) is 42.3 Å². The molecule has 1 atom stereocenters. The first-order valence-electron chi connectivity index (χ1n) is 5.26. The maximum absolute atomic E-state index is 10.3. The van der Waals surface area contributed by atoms with E-state index in [-0.39, 0.29) is 10.6 Å². The zero-order valence-corrected chi connectivity index (χ0v) is 10.8.